The Balaban J connectivity index is 1.50. The van der Waals surface area contributed by atoms with E-state index in [1.165, 1.54) is 12.8 Å². The largest absolute Gasteiger partial charge is 0.492 e. The third-order valence-electron chi connectivity index (χ3n) is 4.75. The number of fused-ring (bicyclic) bond motifs is 1. The van der Waals surface area contributed by atoms with Gasteiger partial charge < -0.3 is 24.3 Å². The highest BCUT2D eigenvalue weighted by atomic mass is 16.5. The summed E-state index contributed by atoms with van der Waals surface area (Å²) in [5.74, 6) is 2.12. The average molecular weight is 407 g/mol. The Morgan fingerprint density at radius 1 is 1.33 bits per heavy atom. The highest BCUT2D eigenvalue weighted by Crippen LogP contribution is 2.32. The zero-order valence-corrected chi connectivity index (χ0v) is 16.4. The van der Waals surface area contributed by atoms with Gasteiger partial charge in [-0.3, -0.25) is 0 Å². The molecule has 0 spiro atoms. The van der Waals surface area contributed by atoms with Gasteiger partial charge in [-0.05, 0) is 56.0 Å². The van der Waals surface area contributed by atoms with Crippen molar-refractivity contribution in [2.75, 3.05) is 13.2 Å². The Kier molecular flexibility index (Phi) is 5.44. The summed E-state index contributed by atoms with van der Waals surface area (Å²) in [5.41, 5.74) is 2.32. The number of nitriles is 1. The van der Waals surface area contributed by atoms with E-state index in [4.69, 9.17) is 19.0 Å². The van der Waals surface area contributed by atoms with Gasteiger partial charge in [-0.1, -0.05) is 0 Å². The molecule has 4 rings (SSSR count). The lowest BCUT2D eigenvalue weighted by atomic mass is 10.1. The van der Waals surface area contributed by atoms with Crippen molar-refractivity contribution in [2.24, 2.45) is 5.92 Å². The molecule has 1 fully saturated rings. The second kappa shape index (κ2) is 8.33. The van der Waals surface area contributed by atoms with Crippen LogP contribution in [0.15, 0.2) is 40.8 Å². The summed E-state index contributed by atoms with van der Waals surface area (Å²) in [6, 6.07) is 12.4. The van der Waals surface area contributed by atoms with Crippen molar-refractivity contribution in [1.29, 1.82) is 5.26 Å². The molecule has 0 saturated heterocycles. The minimum absolute atomic E-state index is 0.187. The normalized spacial score (nSPS) is 14.1. The summed E-state index contributed by atoms with van der Waals surface area (Å²) in [6.45, 7) is 2.54. The molecule has 1 saturated carbocycles. The molecule has 1 amide bonds. The van der Waals surface area contributed by atoms with Gasteiger partial charge in [-0.25, -0.2) is 9.78 Å². The van der Waals surface area contributed by atoms with Gasteiger partial charge in [0.2, 0.25) is 5.89 Å². The quantitative estimate of drug-likeness (QED) is 0.575. The van der Waals surface area contributed by atoms with Gasteiger partial charge in [0, 0.05) is 11.6 Å². The molecule has 2 aromatic carbocycles. The number of rotatable bonds is 8. The Labute approximate surface area is 173 Å². The Bertz CT molecular complexity index is 1110. The molecule has 0 radical (unpaired) electrons. The highest BCUT2D eigenvalue weighted by molar-refractivity contribution is 5.78. The Hall–Kier alpha value is -3.73. The van der Waals surface area contributed by atoms with E-state index in [1.54, 1.807) is 37.3 Å². The maximum Gasteiger partial charge on any atom is 0.404 e. The maximum absolute atomic E-state index is 10.7. The predicted octanol–water partition coefficient (Wildman–Crippen LogP) is 4.19. The molecular formula is C22H21N3O5. The molecule has 0 aliphatic heterocycles. The molecule has 3 aromatic rings. The van der Waals surface area contributed by atoms with Gasteiger partial charge in [-0.15, -0.1) is 0 Å². The number of carbonyl (C=O) groups is 1. The van der Waals surface area contributed by atoms with Crippen molar-refractivity contribution in [3.63, 3.8) is 0 Å². The first-order valence-corrected chi connectivity index (χ1v) is 9.72. The molecule has 8 nitrogen and oxygen atoms in total. The lowest BCUT2D eigenvalue weighted by Gasteiger charge is -2.12. The minimum atomic E-state index is -1.10. The minimum Gasteiger partial charge on any atom is -0.492 e. The first-order valence-electron chi connectivity index (χ1n) is 9.72. The van der Waals surface area contributed by atoms with Crippen LogP contribution in [-0.4, -0.2) is 35.4 Å². The average Bonchev–Trinajstić information content (AvgIpc) is 3.46. The molecule has 0 bridgehead atoms. The lowest BCUT2D eigenvalue weighted by molar-refractivity contribution is 0.183. The monoisotopic (exact) mass is 407 g/mol. The summed E-state index contributed by atoms with van der Waals surface area (Å²) in [7, 11) is 0. The van der Waals surface area contributed by atoms with E-state index >= 15 is 0 Å². The molecular weight excluding hydrogens is 386 g/mol. The van der Waals surface area contributed by atoms with Crippen LogP contribution >= 0.6 is 0 Å². The number of aromatic nitrogens is 1. The molecule has 8 heteroatoms. The molecule has 154 valence electrons. The zero-order chi connectivity index (χ0) is 21.1. The zero-order valence-electron chi connectivity index (χ0n) is 16.4. The van der Waals surface area contributed by atoms with Crippen molar-refractivity contribution in [3.8, 4) is 29.0 Å². The molecule has 1 aliphatic rings. The van der Waals surface area contributed by atoms with Crippen LogP contribution in [0.5, 0.6) is 11.5 Å². The van der Waals surface area contributed by atoms with Crippen LogP contribution < -0.4 is 14.8 Å². The summed E-state index contributed by atoms with van der Waals surface area (Å²) in [4.78, 5) is 15.1. The summed E-state index contributed by atoms with van der Waals surface area (Å²) in [6.07, 6.45) is 1.27. The van der Waals surface area contributed by atoms with E-state index in [9.17, 15) is 10.1 Å². The van der Waals surface area contributed by atoms with Gasteiger partial charge in [0.1, 0.15) is 29.7 Å². The van der Waals surface area contributed by atoms with E-state index < -0.39 is 6.09 Å². The fourth-order valence-corrected chi connectivity index (χ4v) is 2.96. The predicted molar refractivity (Wildman–Crippen MR) is 108 cm³/mol. The van der Waals surface area contributed by atoms with Crippen molar-refractivity contribution >= 4 is 17.2 Å². The van der Waals surface area contributed by atoms with Gasteiger partial charge >= 0.3 is 6.09 Å². The number of hydrogen-bond acceptors (Lipinski definition) is 6. The number of benzene rings is 2. The first-order chi connectivity index (χ1) is 14.5. The lowest BCUT2D eigenvalue weighted by Crippen LogP contribution is -2.35. The van der Waals surface area contributed by atoms with Gasteiger partial charge in [-0.2, -0.15) is 5.26 Å². The molecule has 2 N–H and O–H groups in total. The number of oxazole rings is 1. The molecule has 1 heterocycles. The van der Waals surface area contributed by atoms with Crippen molar-refractivity contribution in [2.45, 2.75) is 25.8 Å². The van der Waals surface area contributed by atoms with E-state index in [0.717, 1.165) is 0 Å². The molecule has 30 heavy (non-hydrogen) atoms. The Morgan fingerprint density at radius 3 is 2.90 bits per heavy atom. The van der Waals surface area contributed by atoms with Crippen LogP contribution in [0.2, 0.25) is 0 Å². The van der Waals surface area contributed by atoms with Crippen LogP contribution in [0.1, 0.15) is 25.3 Å². The summed E-state index contributed by atoms with van der Waals surface area (Å²) >= 11 is 0. The Morgan fingerprint density at radius 2 is 2.17 bits per heavy atom. The van der Waals surface area contributed by atoms with Crippen LogP contribution in [0.4, 0.5) is 4.79 Å². The number of carboxylic acid groups (broad SMARTS) is 1. The van der Waals surface area contributed by atoms with Crippen LogP contribution in [0, 0.1) is 17.2 Å². The fourth-order valence-electron chi connectivity index (χ4n) is 2.96. The first kappa shape index (κ1) is 19.6. The summed E-state index contributed by atoms with van der Waals surface area (Å²) < 4.78 is 17.2. The van der Waals surface area contributed by atoms with E-state index in [-0.39, 0.29) is 12.6 Å². The van der Waals surface area contributed by atoms with Crippen molar-refractivity contribution in [3.05, 3.63) is 42.0 Å². The third kappa shape index (κ3) is 4.63. The van der Waals surface area contributed by atoms with Crippen LogP contribution in [0.3, 0.4) is 0 Å². The molecule has 0 unspecified atom stereocenters. The van der Waals surface area contributed by atoms with Crippen LogP contribution in [-0.2, 0) is 0 Å². The fraction of sp³-hybridized carbons (Fsp3) is 0.318. The second-order valence-electron chi connectivity index (χ2n) is 7.39. The highest BCUT2D eigenvalue weighted by Gasteiger charge is 2.22. The number of nitrogens with one attached hydrogen (secondary N) is 1. The van der Waals surface area contributed by atoms with Crippen molar-refractivity contribution in [1.82, 2.24) is 10.3 Å². The summed E-state index contributed by atoms with van der Waals surface area (Å²) in [5, 5.41) is 20.5. The number of amides is 1. The number of ether oxygens (including phenoxy) is 2. The van der Waals surface area contributed by atoms with E-state index in [2.05, 4.69) is 16.4 Å². The maximum atomic E-state index is 10.7. The van der Waals surface area contributed by atoms with Crippen LogP contribution in [0.25, 0.3) is 22.6 Å². The van der Waals surface area contributed by atoms with Gasteiger partial charge in [0.15, 0.2) is 5.58 Å². The number of nitrogens with zero attached hydrogens (tertiary/aromatic N) is 2. The molecule has 1 aromatic heterocycles. The standard InChI is InChI=1S/C22H21N3O5/c1-13(24-22(26)27)11-28-17-5-6-18-20(9-17)30-21(25-18)15-4-7-19(16(8-15)10-23)29-12-14-2-3-14/h4-9,13-14,24H,2-3,11-12H2,1H3,(H,26,27)/t13-/m0/s1. The van der Waals surface area contributed by atoms with E-state index in [1.807, 2.05) is 6.07 Å². The van der Waals surface area contributed by atoms with Crippen molar-refractivity contribution < 1.29 is 23.8 Å². The SMILES string of the molecule is C[C@@H](COc1ccc2nc(-c3ccc(OCC4CC4)c(C#N)c3)oc2c1)NC(=O)O. The number of hydrogen-bond donors (Lipinski definition) is 2. The molecule has 1 atom stereocenters. The molecule has 1 aliphatic carbocycles. The van der Waals surface area contributed by atoms with Gasteiger partial charge in [0.25, 0.3) is 0 Å². The van der Waals surface area contributed by atoms with E-state index in [0.29, 0.717) is 52.1 Å². The van der Waals surface area contributed by atoms with Gasteiger partial charge in [0.05, 0.1) is 18.2 Å². The third-order valence-corrected chi connectivity index (χ3v) is 4.75. The smallest absolute Gasteiger partial charge is 0.404 e. The topological polar surface area (TPSA) is 118 Å². The second-order valence-corrected chi connectivity index (χ2v) is 7.39.